The number of thioether (sulfide) groups is 1. The van der Waals surface area contributed by atoms with Crippen molar-refractivity contribution in [1.82, 2.24) is 15.2 Å². The number of thiophene rings is 1. The Bertz CT molecular complexity index is 386. The molecule has 66 valence electrons. The molecule has 0 unspecified atom stereocenters. The van der Waals surface area contributed by atoms with E-state index in [0.29, 0.717) is 5.16 Å². The molecule has 0 spiro atoms. The lowest BCUT2D eigenvalue weighted by atomic mass is 10.4. The molecule has 2 aromatic heterocycles. The minimum Gasteiger partial charge on any atom is -0.219 e. The molecule has 0 aliphatic rings. The minimum atomic E-state index is 0.714. The summed E-state index contributed by atoms with van der Waals surface area (Å²) in [6.07, 6.45) is 3.63. The van der Waals surface area contributed by atoms with Crippen LogP contribution in [0.4, 0.5) is 0 Å². The second-order valence-electron chi connectivity index (χ2n) is 2.31. The van der Waals surface area contributed by atoms with Gasteiger partial charge in [0, 0.05) is 0 Å². The Morgan fingerprint density at radius 3 is 3.08 bits per heavy atom. The van der Waals surface area contributed by atoms with E-state index in [9.17, 15) is 0 Å². The molecule has 0 saturated carbocycles. The van der Waals surface area contributed by atoms with Crippen LogP contribution < -0.4 is 0 Å². The lowest BCUT2D eigenvalue weighted by Gasteiger charge is -1.96. The third-order valence-corrected chi connectivity index (χ3v) is 2.93. The number of rotatable bonds is 2. The average Bonchev–Trinajstić information content (AvgIpc) is 2.71. The molecular weight excluding hydrogens is 202 g/mol. The van der Waals surface area contributed by atoms with E-state index in [0.717, 1.165) is 10.6 Å². The van der Waals surface area contributed by atoms with Crippen molar-refractivity contribution >= 4 is 23.1 Å². The van der Waals surface area contributed by atoms with E-state index in [4.69, 9.17) is 0 Å². The molecule has 0 aromatic carbocycles. The maximum absolute atomic E-state index is 4.33. The molecule has 0 N–H and O–H groups in total. The van der Waals surface area contributed by atoms with Crippen molar-refractivity contribution in [2.75, 3.05) is 6.26 Å². The number of hydrogen-bond acceptors (Lipinski definition) is 5. The largest absolute Gasteiger partial charge is 0.219 e. The van der Waals surface area contributed by atoms with E-state index in [-0.39, 0.29) is 0 Å². The van der Waals surface area contributed by atoms with Crippen LogP contribution in [0.15, 0.2) is 28.9 Å². The maximum atomic E-state index is 4.33. The van der Waals surface area contributed by atoms with Crippen molar-refractivity contribution in [2.24, 2.45) is 0 Å². The third-order valence-electron chi connectivity index (χ3n) is 1.50. The van der Waals surface area contributed by atoms with Crippen LogP contribution in [0.3, 0.4) is 0 Å². The zero-order valence-electron chi connectivity index (χ0n) is 6.97. The van der Waals surface area contributed by atoms with Gasteiger partial charge in [-0.2, -0.15) is 5.10 Å². The molecule has 0 aliphatic carbocycles. The van der Waals surface area contributed by atoms with Gasteiger partial charge in [-0.1, -0.05) is 17.8 Å². The standard InChI is InChI=1S/C8H7N3S2/c1-12-8-10-6(5-9-11-8)7-3-2-4-13-7/h2-5H,1H3. The Kier molecular flexibility index (Phi) is 2.56. The molecule has 13 heavy (non-hydrogen) atoms. The number of nitrogens with zero attached hydrogens (tertiary/aromatic N) is 3. The molecule has 0 atom stereocenters. The van der Waals surface area contributed by atoms with Gasteiger partial charge in [0.15, 0.2) is 0 Å². The summed E-state index contributed by atoms with van der Waals surface area (Å²) in [5, 5.41) is 10.5. The van der Waals surface area contributed by atoms with Crippen LogP contribution in [-0.4, -0.2) is 21.4 Å². The van der Waals surface area contributed by atoms with Crippen LogP contribution in [0, 0.1) is 0 Å². The first-order chi connectivity index (χ1) is 6.40. The summed E-state index contributed by atoms with van der Waals surface area (Å²) in [5.41, 5.74) is 0.898. The van der Waals surface area contributed by atoms with E-state index < -0.39 is 0 Å². The highest BCUT2D eigenvalue weighted by atomic mass is 32.2. The Balaban J connectivity index is 2.41. The summed E-state index contributed by atoms with van der Waals surface area (Å²) in [4.78, 5) is 5.46. The van der Waals surface area contributed by atoms with Crippen molar-refractivity contribution in [3.05, 3.63) is 23.7 Å². The third kappa shape index (κ3) is 1.87. The van der Waals surface area contributed by atoms with E-state index >= 15 is 0 Å². The van der Waals surface area contributed by atoms with Crippen molar-refractivity contribution in [1.29, 1.82) is 0 Å². The summed E-state index contributed by atoms with van der Waals surface area (Å²) in [5.74, 6) is 0. The van der Waals surface area contributed by atoms with Crippen LogP contribution >= 0.6 is 23.1 Å². The van der Waals surface area contributed by atoms with Gasteiger partial charge in [0.25, 0.3) is 0 Å². The van der Waals surface area contributed by atoms with E-state index in [1.807, 2.05) is 23.8 Å². The molecular formula is C8H7N3S2. The summed E-state index contributed by atoms with van der Waals surface area (Å²) in [6.45, 7) is 0. The normalized spacial score (nSPS) is 10.2. The van der Waals surface area contributed by atoms with Gasteiger partial charge < -0.3 is 0 Å². The molecule has 2 rings (SSSR count). The Labute approximate surface area is 84.2 Å². The Morgan fingerprint density at radius 2 is 2.38 bits per heavy atom. The van der Waals surface area contributed by atoms with Crippen LogP contribution in [-0.2, 0) is 0 Å². The molecule has 0 amide bonds. The monoisotopic (exact) mass is 209 g/mol. The molecule has 0 radical (unpaired) electrons. The van der Waals surface area contributed by atoms with Gasteiger partial charge in [-0.25, -0.2) is 4.98 Å². The summed E-state index contributed by atoms with van der Waals surface area (Å²) in [7, 11) is 0. The highest BCUT2D eigenvalue weighted by Crippen LogP contribution is 2.22. The SMILES string of the molecule is CSc1nncc(-c2cccs2)n1. The molecule has 2 aromatic rings. The second kappa shape index (κ2) is 3.85. The highest BCUT2D eigenvalue weighted by Gasteiger charge is 2.02. The lowest BCUT2D eigenvalue weighted by molar-refractivity contribution is 0.847. The quantitative estimate of drug-likeness (QED) is 0.711. The fourth-order valence-electron chi connectivity index (χ4n) is 0.917. The van der Waals surface area contributed by atoms with Crippen molar-refractivity contribution in [3.8, 4) is 10.6 Å². The fourth-order valence-corrected chi connectivity index (χ4v) is 1.92. The zero-order valence-corrected chi connectivity index (χ0v) is 8.60. The first-order valence-corrected chi connectivity index (χ1v) is 5.78. The second-order valence-corrected chi connectivity index (χ2v) is 4.03. The van der Waals surface area contributed by atoms with Gasteiger partial charge in [-0.15, -0.1) is 16.4 Å². The average molecular weight is 209 g/mol. The predicted molar refractivity (Wildman–Crippen MR) is 54.9 cm³/mol. The topological polar surface area (TPSA) is 38.7 Å². The van der Waals surface area contributed by atoms with Gasteiger partial charge in [-0.05, 0) is 17.7 Å². The summed E-state index contributed by atoms with van der Waals surface area (Å²) < 4.78 is 0. The van der Waals surface area contributed by atoms with E-state index in [1.54, 1.807) is 17.5 Å². The number of hydrogen-bond donors (Lipinski definition) is 0. The molecule has 0 aliphatic heterocycles. The van der Waals surface area contributed by atoms with Gasteiger partial charge >= 0.3 is 0 Å². The molecule has 0 bridgehead atoms. The highest BCUT2D eigenvalue weighted by molar-refractivity contribution is 7.98. The van der Waals surface area contributed by atoms with Crippen LogP contribution in [0.5, 0.6) is 0 Å². The lowest BCUT2D eigenvalue weighted by Crippen LogP contribution is -1.90. The van der Waals surface area contributed by atoms with Crippen molar-refractivity contribution < 1.29 is 0 Å². The van der Waals surface area contributed by atoms with E-state index in [2.05, 4.69) is 15.2 Å². The van der Waals surface area contributed by atoms with Gasteiger partial charge in [0.1, 0.15) is 5.69 Å². The van der Waals surface area contributed by atoms with Gasteiger partial charge in [0.2, 0.25) is 5.16 Å². The summed E-state index contributed by atoms with van der Waals surface area (Å²) >= 11 is 3.16. The molecule has 0 saturated heterocycles. The van der Waals surface area contributed by atoms with Crippen LogP contribution in [0.1, 0.15) is 0 Å². The number of aromatic nitrogens is 3. The molecule has 0 fully saturated rings. The molecule has 5 heteroatoms. The van der Waals surface area contributed by atoms with Crippen molar-refractivity contribution in [2.45, 2.75) is 5.16 Å². The molecule has 3 nitrogen and oxygen atoms in total. The predicted octanol–water partition coefficient (Wildman–Crippen LogP) is 2.32. The Morgan fingerprint density at radius 1 is 1.46 bits per heavy atom. The summed E-state index contributed by atoms with van der Waals surface area (Å²) in [6, 6.07) is 4.03. The smallest absolute Gasteiger partial charge is 0.209 e. The zero-order chi connectivity index (χ0) is 9.10. The van der Waals surface area contributed by atoms with E-state index in [1.165, 1.54) is 11.8 Å². The molecule has 2 heterocycles. The first-order valence-electron chi connectivity index (χ1n) is 3.68. The van der Waals surface area contributed by atoms with Crippen molar-refractivity contribution in [3.63, 3.8) is 0 Å². The van der Waals surface area contributed by atoms with Gasteiger partial charge in [0.05, 0.1) is 11.1 Å². The van der Waals surface area contributed by atoms with Crippen LogP contribution in [0.2, 0.25) is 0 Å². The van der Waals surface area contributed by atoms with Crippen LogP contribution in [0.25, 0.3) is 10.6 Å². The maximum Gasteiger partial charge on any atom is 0.209 e. The minimum absolute atomic E-state index is 0.714. The Hall–Kier alpha value is -0.940. The first kappa shape index (κ1) is 8.65. The fraction of sp³-hybridized carbons (Fsp3) is 0.125. The van der Waals surface area contributed by atoms with Gasteiger partial charge in [-0.3, -0.25) is 0 Å².